The highest BCUT2D eigenvalue weighted by molar-refractivity contribution is 8.00. The van der Waals surface area contributed by atoms with Crippen molar-refractivity contribution in [3.63, 3.8) is 0 Å². The molecule has 0 unspecified atom stereocenters. The summed E-state index contributed by atoms with van der Waals surface area (Å²) in [6.45, 7) is 0.488. The number of hydrogen-bond acceptors (Lipinski definition) is 6. The van der Waals surface area contributed by atoms with E-state index in [2.05, 4.69) is 15.1 Å². The fourth-order valence-corrected chi connectivity index (χ4v) is 2.38. The fraction of sp³-hybridized carbons (Fsp3) is 0.333. The second-order valence-corrected chi connectivity index (χ2v) is 4.49. The fourth-order valence-electron chi connectivity index (χ4n) is 1.48. The second-order valence-electron chi connectivity index (χ2n) is 3.32. The summed E-state index contributed by atoms with van der Waals surface area (Å²) in [6.07, 6.45) is 4.14. The van der Waals surface area contributed by atoms with Gasteiger partial charge in [-0.3, -0.25) is 4.79 Å². The molecule has 0 amide bonds. The van der Waals surface area contributed by atoms with Gasteiger partial charge in [0.05, 0.1) is 6.61 Å². The molecule has 1 atom stereocenters. The number of thioether (sulfide) groups is 1. The molecule has 0 radical (unpaired) electrons. The topological polar surface area (TPSA) is 69.4 Å². The zero-order valence-electron chi connectivity index (χ0n) is 8.24. The van der Waals surface area contributed by atoms with Gasteiger partial charge in [0.1, 0.15) is 5.25 Å². The Kier molecular flexibility index (Phi) is 2.24. The van der Waals surface area contributed by atoms with Crippen LogP contribution in [-0.2, 0) is 9.53 Å². The molecule has 1 saturated heterocycles. The highest BCUT2D eigenvalue weighted by Gasteiger charge is 2.28. The minimum Gasteiger partial charge on any atom is -0.465 e. The number of nitrogens with zero attached hydrogens (tertiary/aromatic N) is 4. The van der Waals surface area contributed by atoms with Crippen molar-refractivity contribution in [1.29, 1.82) is 0 Å². The average molecular weight is 236 g/mol. The minimum atomic E-state index is -0.184. The van der Waals surface area contributed by atoms with Crippen molar-refractivity contribution >= 4 is 23.5 Å². The lowest BCUT2D eigenvalue weighted by molar-refractivity contribution is -0.137. The minimum absolute atomic E-state index is 0.183. The zero-order valence-corrected chi connectivity index (χ0v) is 9.05. The van der Waals surface area contributed by atoms with Crippen LogP contribution in [0.1, 0.15) is 6.42 Å². The van der Waals surface area contributed by atoms with Crippen molar-refractivity contribution in [2.24, 2.45) is 0 Å². The molecule has 2 aromatic rings. The van der Waals surface area contributed by atoms with Gasteiger partial charge in [-0.1, -0.05) is 11.8 Å². The number of esters is 1. The molecule has 1 fully saturated rings. The Hall–Kier alpha value is -1.63. The maximum atomic E-state index is 11.3. The van der Waals surface area contributed by atoms with Crippen molar-refractivity contribution in [2.45, 2.75) is 16.8 Å². The molecule has 82 valence electrons. The second kappa shape index (κ2) is 3.75. The van der Waals surface area contributed by atoms with E-state index in [-0.39, 0.29) is 11.2 Å². The van der Waals surface area contributed by atoms with Crippen LogP contribution >= 0.6 is 11.8 Å². The van der Waals surface area contributed by atoms with E-state index in [9.17, 15) is 4.79 Å². The van der Waals surface area contributed by atoms with Crippen LogP contribution < -0.4 is 0 Å². The lowest BCUT2D eigenvalue weighted by atomic mass is 10.4. The van der Waals surface area contributed by atoms with Gasteiger partial charge >= 0.3 is 5.97 Å². The Balaban J connectivity index is 1.86. The summed E-state index contributed by atoms with van der Waals surface area (Å²) in [6, 6.07) is 1.78. The first-order valence-electron chi connectivity index (χ1n) is 4.83. The lowest BCUT2D eigenvalue weighted by Crippen LogP contribution is -2.09. The van der Waals surface area contributed by atoms with E-state index < -0.39 is 0 Å². The van der Waals surface area contributed by atoms with E-state index in [0.29, 0.717) is 24.0 Å². The zero-order chi connectivity index (χ0) is 11.0. The highest BCUT2D eigenvalue weighted by atomic mass is 32.2. The Labute approximate surface area is 95.0 Å². The van der Waals surface area contributed by atoms with E-state index in [1.807, 2.05) is 0 Å². The van der Waals surface area contributed by atoms with Crippen molar-refractivity contribution in [2.75, 3.05) is 6.61 Å². The number of carbonyl (C=O) groups is 1. The number of carbonyl (C=O) groups excluding carboxylic acids is 1. The molecule has 3 rings (SSSR count). The molecule has 3 heterocycles. The summed E-state index contributed by atoms with van der Waals surface area (Å²) in [4.78, 5) is 19.5. The van der Waals surface area contributed by atoms with Gasteiger partial charge in [0, 0.05) is 18.8 Å². The number of rotatable bonds is 2. The van der Waals surface area contributed by atoms with Gasteiger partial charge in [-0.2, -0.15) is 4.98 Å². The normalized spacial score (nSPS) is 20.2. The molecular formula is C9H8N4O2S. The van der Waals surface area contributed by atoms with Crippen LogP contribution in [0, 0.1) is 0 Å². The van der Waals surface area contributed by atoms with Crippen LogP contribution in [0.3, 0.4) is 0 Å². The first-order chi connectivity index (χ1) is 7.83. The third-order valence-electron chi connectivity index (χ3n) is 2.23. The molecule has 0 aromatic carbocycles. The molecule has 6 nitrogen and oxygen atoms in total. The molecular weight excluding hydrogens is 228 g/mol. The predicted molar refractivity (Wildman–Crippen MR) is 56.0 cm³/mol. The van der Waals surface area contributed by atoms with E-state index >= 15 is 0 Å². The predicted octanol–water partition coefficient (Wildman–Crippen LogP) is 0.532. The van der Waals surface area contributed by atoms with Gasteiger partial charge in [-0.15, -0.1) is 5.10 Å². The molecule has 7 heteroatoms. The number of hydrogen-bond donors (Lipinski definition) is 0. The van der Waals surface area contributed by atoms with Crippen LogP contribution in [0.2, 0.25) is 0 Å². The van der Waals surface area contributed by atoms with Gasteiger partial charge in [0.25, 0.3) is 5.78 Å². The summed E-state index contributed by atoms with van der Waals surface area (Å²) < 4.78 is 6.46. The molecule has 0 spiro atoms. The lowest BCUT2D eigenvalue weighted by Gasteiger charge is -1.98. The number of aromatic nitrogens is 4. The molecule has 0 N–H and O–H groups in total. The van der Waals surface area contributed by atoms with Gasteiger partial charge in [-0.25, -0.2) is 9.50 Å². The van der Waals surface area contributed by atoms with E-state index in [0.717, 1.165) is 0 Å². The van der Waals surface area contributed by atoms with Crippen LogP contribution in [0.5, 0.6) is 0 Å². The van der Waals surface area contributed by atoms with Gasteiger partial charge < -0.3 is 4.74 Å². The summed E-state index contributed by atoms with van der Waals surface area (Å²) in [5.74, 6) is 0.355. The molecule has 0 bridgehead atoms. The quantitative estimate of drug-likeness (QED) is 0.708. The van der Waals surface area contributed by atoms with Gasteiger partial charge in [-0.05, 0) is 6.07 Å². The van der Waals surface area contributed by atoms with Gasteiger partial charge in [0.15, 0.2) is 0 Å². The van der Waals surface area contributed by atoms with Crippen LogP contribution in [0.4, 0.5) is 0 Å². The first kappa shape index (κ1) is 9.59. The molecule has 16 heavy (non-hydrogen) atoms. The standard InChI is InChI=1S/C9H8N4O2S/c14-7-6(2-5-15-7)16-9-11-8-10-3-1-4-13(8)12-9/h1,3-4,6H,2,5H2/t6-/m0/s1. The van der Waals surface area contributed by atoms with Gasteiger partial charge in [0.2, 0.25) is 5.16 Å². The SMILES string of the molecule is O=C1OCC[C@@H]1Sc1nc2ncccn2n1. The summed E-state index contributed by atoms with van der Waals surface area (Å²) in [7, 11) is 0. The van der Waals surface area contributed by atoms with Crippen molar-refractivity contribution < 1.29 is 9.53 Å². The Morgan fingerprint density at radius 1 is 1.56 bits per heavy atom. The van der Waals surface area contributed by atoms with Crippen LogP contribution in [-0.4, -0.2) is 37.4 Å². The molecule has 2 aromatic heterocycles. The Morgan fingerprint density at radius 3 is 3.25 bits per heavy atom. The summed E-state index contributed by atoms with van der Waals surface area (Å²) >= 11 is 1.33. The number of cyclic esters (lactones) is 1. The monoisotopic (exact) mass is 236 g/mol. The Bertz CT molecular complexity index is 508. The Morgan fingerprint density at radius 2 is 2.50 bits per heavy atom. The molecule has 0 aliphatic carbocycles. The molecule has 1 aliphatic heterocycles. The van der Waals surface area contributed by atoms with E-state index in [1.165, 1.54) is 11.8 Å². The van der Waals surface area contributed by atoms with Crippen LogP contribution in [0.25, 0.3) is 5.78 Å². The van der Waals surface area contributed by atoms with Crippen molar-refractivity contribution in [3.8, 4) is 0 Å². The largest absolute Gasteiger partial charge is 0.465 e. The third-order valence-corrected chi connectivity index (χ3v) is 3.33. The summed E-state index contributed by atoms with van der Waals surface area (Å²) in [5, 5.41) is 4.58. The first-order valence-corrected chi connectivity index (χ1v) is 5.71. The molecule has 0 saturated carbocycles. The summed E-state index contributed by atoms with van der Waals surface area (Å²) in [5.41, 5.74) is 0. The number of fused-ring (bicyclic) bond motifs is 1. The average Bonchev–Trinajstić information content (AvgIpc) is 2.85. The maximum Gasteiger partial charge on any atom is 0.319 e. The highest BCUT2D eigenvalue weighted by Crippen LogP contribution is 2.26. The third kappa shape index (κ3) is 1.63. The van der Waals surface area contributed by atoms with Crippen molar-refractivity contribution in [3.05, 3.63) is 18.5 Å². The van der Waals surface area contributed by atoms with Crippen LogP contribution in [0.15, 0.2) is 23.6 Å². The maximum absolute atomic E-state index is 11.3. The van der Waals surface area contributed by atoms with E-state index in [1.54, 1.807) is 23.0 Å². The van der Waals surface area contributed by atoms with Crippen molar-refractivity contribution in [1.82, 2.24) is 19.6 Å². The number of ether oxygens (including phenoxy) is 1. The van der Waals surface area contributed by atoms with E-state index in [4.69, 9.17) is 4.74 Å². The molecule has 1 aliphatic rings. The smallest absolute Gasteiger partial charge is 0.319 e.